The Labute approximate surface area is 155 Å². The number of anilines is 2. The van der Waals surface area contributed by atoms with Gasteiger partial charge in [0.2, 0.25) is 5.91 Å². The Bertz CT molecular complexity index is 807. The van der Waals surface area contributed by atoms with E-state index in [4.69, 9.17) is 16.3 Å². The number of hydrogen-bond donors (Lipinski definition) is 2. The fraction of sp³-hybridized carbons (Fsp3) is 0.158. The molecule has 0 unspecified atom stereocenters. The minimum absolute atomic E-state index is 0.0313. The van der Waals surface area contributed by atoms with E-state index in [0.717, 1.165) is 5.56 Å². The first-order valence-corrected chi connectivity index (χ1v) is 8.29. The Kier molecular flexibility index (Phi) is 7.17. The molecule has 26 heavy (non-hydrogen) atoms. The minimum atomic E-state index is -0.555. The lowest BCUT2D eigenvalue weighted by Crippen LogP contribution is -2.22. The molecule has 7 heteroatoms. The molecule has 5 nitrogen and oxygen atoms in total. The summed E-state index contributed by atoms with van der Waals surface area (Å²) in [6.07, 6.45) is 2.98. The van der Waals surface area contributed by atoms with E-state index in [2.05, 4.69) is 10.6 Å². The van der Waals surface area contributed by atoms with E-state index in [1.807, 2.05) is 0 Å². The van der Waals surface area contributed by atoms with Gasteiger partial charge in [-0.1, -0.05) is 23.7 Å². The lowest BCUT2D eigenvalue weighted by atomic mass is 10.2. The molecule has 0 aromatic heterocycles. The summed E-state index contributed by atoms with van der Waals surface area (Å²) in [6.45, 7) is 2.03. The van der Waals surface area contributed by atoms with Gasteiger partial charge < -0.3 is 15.4 Å². The van der Waals surface area contributed by atoms with Crippen LogP contribution in [0.3, 0.4) is 0 Å². The van der Waals surface area contributed by atoms with Crippen LogP contribution in [-0.2, 0) is 14.3 Å². The third kappa shape index (κ3) is 6.22. The maximum Gasteiger partial charge on any atom is 0.330 e. The summed E-state index contributed by atoms with van der Waals surface area (Å²) in [4.78, 5) is 23.2. The summed E-state index contributed by atoms with van der Waals surface area (Å²) in [5, 5.41) is 5.72. The molecule has 0 fully saturated rings. The van der Waals surface area contributed by atoms with E-state index in [1.54, 1.807) is 37.3 Å². The molecule has 0 saturated carbocycles. The quantitative estimate of drug-likeness (QED) is 0.563. The molecule has 2 N–H and O–H groups in total. The van der Waals surface area contributed by atoms with E-state index in [-0.39, 0.29) is 12.2 Å². The molecular formula is C19H18ClFN2O3. The number of hydrogen-bond acceptors (Lipinski definition) is 4. The third-order valence-electron chi connectivity index (χ3n) is 3.26. The van der Waals surface area contributed by atoms with Crippen LogP contribution in [0.4, 0.5) is 15.8 Å². The molecule has 0 saturated heterocycles. The summed E-state index contributed by atoms with van der Waals surface area (Å²) < 4.78 is 18.4. The fourth-order valence-corrected chi connectivity index (χ4v) is 2.21. The molecule has 0 bridgehead atoms. The number of carbonyl (C=O) groups excluding carboxylic acids is 2. The number of carbonyl (C=O) groups is 2. The van der Waals surface area contributed by atoms with Crippen molar-refractivity contribution in [2.45, 2.75) is 6.92 Å². The van der Waals surface area contributed by atoms with Crippen LogP contribution in [0.1, 0.15) is 12.5 Å². The van der Waals surface area contributed by atoms with Gasteiger partial charge in [-0.2, -0.15) is 0 Å². The van der Waals surface area contributed by atoms with Gasteiger partial charge in [0.05, 0.1) is 18.8 Å². The smallest absolute Gasteiger partial charge is 0.330 e. The number of ether oxygens (including phenoxy) is 1. The Morgan fingerprint density at radius 1 is 1.19 bits per heavy atom. The zero-order valence-corrected chi connectivity index (χ0v) is 14.8. The Hall–Kier alpha value is -2.86. The molecule has 0 aliphatic carbocycles. The maximum atomic E-state index is 13.6. The van der Waals surface area contributed by atoms with Crippen molar-refractivity contribution in [3.05, 3.63) is 64.9 Å². The molecule has 0 aliphatic heterocycles. The lowest BCUT2D eigenvalue weighted by Gasteiger charge is -2.09. The minimum Gasteiger partial charge on any atom is -0.463 e. The van der Waals surface area contributed by atoms with Crippen LogP contribution in [0.5, 0.6) is 0 Å². The SMILES string of the molecule is CCOC(=O)/C=C/c1ccc(NCC(=O)Nc2cc(Cl)ccc2F)cc1. The number of amides is 1. The highest BCUT2D eigenvalue weighted by Gasteiger charge is 2.07. The largest absolute Gasteiger partial charge is 0.463 e. The Balaban J connectivity index is 1.86. The molecule has 136 valence electrons. The van der Waals surface area contributed by atoms with Crippen LogP contribution in [-0.4, -0.2) is 25.0 Å². The average Bonchev–Trinajstić information content (AvgIpc) is 2.62. The number of benzene rings is 2. The first kappa shape index (κ1) is 19.5. The normalized spacial score (nSPS) is 10.6. The van der Waals surface area contributed by atoms with Crippen molar-refractivity contribution in [2.75, 3.05) is 23.8 Å². The van der Waals surface area contributed by atoms with Crippen LogP contribution in [0.2, 0.25) is 5.02 Å². The van der Waals surface area contributed by atoms with Gasteiger partial charge in [0, 0.05) is 16.8 Å². The molecule has 2 aromatic rings. The van der Waals surface area contributed by atoms with E-state index in [1.165, 1.54) is 24.3 Å². The maximum absolute atomic E-state index is 13.6. The van der Waals surface area contributed by atoms with Crippen molar-refractivity contribution >= 4 is 40.9 Å². The van der Waals surface area contributed by atoms with E-state index in [0.29, 0.717) is 17.3 Å². The number of nitrogens with one attached hydrogen (secondary N) is 2. The molecule has 0 radical (unpaired) electrons. The lowest BCUT2D eigenvalue weighted by molar-refractivity contribution is -0.137. The molecule has 1 amide bonds. The fourth-order valence-electron chi connectivity index (χ4n) is 2.04. The standard InChI is InChI=1S/C19H18ClFN2O3/c1-2-26-19(25)10-5-13-3-7-15(8-4-13)22-12-18(24)23-17-11-14(20)6-9-16(17)21/h3-11,22H,2,12H2,1H3,(H,23,24)/b10-5+. The van der Waals surface area contributed by atoms with Gasteiger partial charge in [-0.05, 0) is 48.9 Å². The second-order valence-corrected chi connectivity index (χ2v) is 5.67. The second-order valence-electron chi connectivity index (χ2n) is 5.23. The van der Waals surface area contributed by atoms with Crippen molar-refractivity contribution in [1.82, 2.24) is 0 Å². The van der Waals surface area contributed by atoms with Crippen LogP contribution >= 0.6 is 11.6 Å². The van der Waals surface area contributed by atoms with E-state index in [9.17, 15) is 14.0 Å². The molecule has 0 spiro atoms. The Morgan fingerprint density at radius 3 is 2.62 bits per heavy atom. The second kappa shape index (κ2) is 9.58. The summed E-state index contributed by atoms with van der Waals surface area (Å²) in [5.74, 6) is -1.36. The summed E-state index contributed by atoms with van der Waals surface area (Å²) in [7, 11) is 0. The van der Waals surface area contributed by atoms with Gasteiger partial charge in [-0.3, -0.25) is 4.79 Å². The summed E-state index contributed by atoms with van der Waals surface area (Å²) >= 11 is 5.78. The van der Waals surface area contributed by atoms with Gasteiger partial charge in [0.25, 0.3) is 0 Å². The zero-order valence-electron chi connectivity index (χ0n) is 14.1. The summed E-state index contributed by atoms with van der Waals surface area (Å²) in [5.41, 5.74) is 1.55. The first-order chi connectivity index (χ1) is 12.5. The monoisotopic (exact) mass is 376 g/mol. The van der Waals surface area contributed by atoms with Crippen LogP contribution < -0.4 is 10.6 Å². The highest BCUT2D eigenvalue weighted by molar-refractivity contribution is 6.30. The Morgan fingerprint density at radius 2 is 1.92 bits per heavy atom. The number of halogens is 2. The topological polar surface area (TPSA) is 67.4 Å². The van der Waals surface area contributed by atoms with Gasteiger partial charge >= 0.3 is 5.97 Å². The van der Waals surface area contributed by atoms with Gasteiger partial charge in [-0.25, -0.2) is 9.18 Å². The van der Waals surface area contributed by atoms with Crippen molar-refractivity contribution in [1.29, 1.82) is 0 Å². The zero-order chi connectivity index (χ0) is 18.9. The van der Waals surface area contributed by atoms with Crippen molar-refractivity contribution < 1.29 is 18.7 Å². The van der Waals surface area contributed by atoms with Crippen molar-refractivity contribution in [2.24, 2.45) is 0 Å². The van der Waals surface area contributed by atoms with Crippen LogP contribution in [0.15, 0.2) is 48.5 Å². The molecular weight excluding hydrogens is 359 g/mol. The average molecular weight is 377 g/mol. The molecule has 2 rings (SSSR count). The molecule has 0 aliphatic rings. The third-order valence-corrected chi connectivity index (χ3v) is 3.50. The van der Waals surface area contributed by atoms with Gasteiger partial charge in [0.1, 0.15) is 5.82 Å². The van der Waals surface area contributed by atoms with Gasteiger partial charge in [0.15, 0.2) is 0 Å². The number of esters is 1. The van der Waals surface area contributed by atoms with E-state index >= 15 is 0 Å². The van der Waals surface area contributed by atoms with Crippen LogP contribution in [0.25, 0.3) is 6.08 Å². The van der Waals surface area contributed by atoms with E-state index < -0.39 is 17.7 Å². The summed E-state index contributed by atoms with van der Waals surface area (Å²) in [6, 6.07) is 11.0. The van der Waals surface area contributed by atoms with Gasteiger partial charge in [-0.15, -0.1) is 0 Å². The van der Waals surface area contributed by atoms with Crippen molar-refractivity contribution in [3.8, 4) is 0 Å². The predicted octanol–water partition coefficient (Wildman–Crippen LogP) is 4.11. The predicted molar refractivity (Wildman–Crippen MR) is 101 cm³/mol. The first-order valence-electron chi connectivity index (χ1n) is 7.91. The molecule has 0 heterocycles. The molecule has 0 atom stereocenters. The van der Waals surface area contributed by atoms with Crippen molar-refractivity contribution in [3.63, 3.8) is 0 Å². The number of rotatable bonds is 7. The highest BCUT2D eigenvalue weighted by atomic mass is 35.5. The highest BCUT2D eigenvalue weighted by Crippen LogP contribution is 2.19. The molecule has 2 aromatic carbocycles. The van der Waals surface area contributed by atoms with Crippen LogP contribution in [0, 0.1) is 5.82 Å².